The molecule has 1 aliphatic rings. The molecule has 1 saturated heterocycles. The fourth-order valence-corrected chi connectivity index (χ4v) is 4.01. The van der Waals surface area contributed by atoms with Crippen LogP contribution in [0.4, 0.5) is 31.1 Å². The van der Waals surface area contributed by atoms with E-state index in [-0.39, 0.29) is 23.6 Å². The number of benzene rings is 2. The summed E-state index contributed by atoms with van der Waals surface area (Å²) in [6.45, 7) is 2.08. The van der Waals surface area contributed by atoms with E-state index in [0.717, 1.165) is 5.56 Å². The molecule has 0 saturated carbocycles. The van der Waals surface area contributed by atoms with Gasteiger partial charge in [0.05, 0.1) is 23.3 Å². The molecule has 3 rings (SSSR count). The Bertz CT molecular complexity index is 929. The lowest BCUT2D eigenvalue weighted by Gasteiger charge is -2.39. The number of likely N-dealkylation sites (tertiary alicyclic amines) is 1. The fraction of sp³-hybridized carbons (Fsp3) is 0.435. The maximum absolute atomic E-state index is 13.2. The van der Waals surface area contributed by atoms with Crippen molar-refractivity contribution in [1.29, 1.82) is 0 Å². The Kier molecular flexibility index (Phi) is 7.26. The highest BCUT2D eigenvalue weighted by Gasteiger charge is 2.38. The number of rotatable bonds is 4. The summed E-state index contributed by atoms with van der Waals surface area (Å²) in [5, 5.41) is 2.56. The van der Waals surface area contributed by atoms with E-state index >= 15 is 0 Å². The second-order valence-corrected chi connectivity index (χ2v) is 7.96. The van der Waals surface area contributed by atoms with E-state index in [1.54, 1.807) is 4.90 Å². The number of halogens is 6. The van der Waals surface area contributed by atoms with Crippen LogP contribution in [-0.4, -0.2) is 37.2 Å². The molecule has 0 aromatic heterocycles. The summed E-state index contributed by atoms with van der Waals surface area (Å²) in [7, 11) is 1.51. The van der Waals surface area contributed by atoms with Crippen LogP contribution in [0.2, 0.25) is 0 Å². The van der Waals surface area contributed by atoms with Crippen molar-refractivity contribution in [3.63, 3.8) is 0 Å². The van der Waals surface area contributed by atoms with Gasteiger partial charge < -0.3 is 15.0 Å². The van der Waals surface area contributed by atoms with Crippen LogP contribution in [0.5, 0.6) is 0 Å². The smallest absolute Gasteiger partial charge is 0.370 e. The van der Waals surface area contributed by atoms with Gasteiger partial charge in [-0.3, -0.25) is 0 Å². The molecule has 0 bridgehead atoms. The Labute approximate surface area is 187 Å². The van der Waals surface area contributed by atoms with Gasteiger partial charge in [-0.2, -0.15) is 26.3 Å². The molecule has 1 aliphatic heterocycles. The second kappa shape index (κ2) is 9.62. The monoisotopic (exact) mass is 474 g/mol. The standard InChI is InChI=1S/C23H24F6N2O2/c1-14(16-10-17(22(24,25)26)12-18(11-16)23(27,28)29)33-20-8-9-31(21(32)30-2)13-19(20)15-6-4-3-5-7-15/h3-7,10-12,14,19-20H,8-9,13H2,1-2H3,(H,30,32)/t14-,19-,20-/m0/s1. The molecule has 2 aromatic rings. The lowest BCUT2D eigenvalue weighted by molar-refractivity contribution is -0.143. The molecule has 2 aromatic carbocycles. The van der Waals surface area contributed by atoms with Crippen molar-refractivity contribution >= 4 is 6.03 Å². The van der Waals surface area contributed by atoms with Crippen LogP contribution in [0, 0.1) is 0 Å². The summed E-state index contributed by atoms with van der Waals surface area (Å²) in [4.78, 5) is 13.7. The second-order valence-electron chi connectivity index (χ2n) is 7.96. The third-order valence-corrected chi connectivity index (χ3v) is 5.74. The molecule has 1 heterocycles. The van der Waals surface area contributed by atoms with Crippen molar-refractivity contribution in [3.05, 3.63) is 70.8 Å². The van der Waals surface area contributed by atoms with Gasteiger partial charge in [0.25, 0.3) is 0 Å². The van der Waals surface area contributed by atoms with Gasteiger partial charge in [-0.25, -0.2) is 4.79 Å². The van der Waals surface area contributed by atoms with E-state index in [4.69, 9.17) is 4.74 Å². The van der Waals surface area contributed by atoms with Crippen molar-refractivity contribution in [3.8, 4) is 0 Å². The molecule has 33 heavy (non-hydrogen) atoms. The number of nitrogens with zero attached hydrogens (tertiary/aromatic N) is 1. The minimum absolute atomic E-state index is 0.102. The molecule has 4 nitrogen and oxygen atoms in total. The predicted molar refractivity (Wildman–Crippen MR) is 110 cm³/mol. The van der Waals surface area contributed by atoms with Crippen LogP contribution in [0.15, 0.2) is 48.5 Å². The minimum Gasteiger partial charge on any atom is -0.370 e. The number of amides is 2. The SMILES string of the molecule is CNC(=O)N1CC[C@H](O[C@@H](C)c2cc(C(F)(F)F)cc(C(F)(F)F)c2)[C@H](c2ccccc2)C1. The predicted octanol–water partition coefficient (Wildman–Crippen LogP) is 6.00. The summed E-state index contributed by atoms with van der Waals surface area (Å²) >= 11 is 0. The highest BCUT2D eigenvalue weighted by atomic mass is 19.4. The topological polar surface area (TPSA) is 41.6 Å². The molecular weight excluding hydrogens is 450 g/mol. The Morgan fingerprint density at radius 1 is 1.03 bits per heavy atom. The van der Waals surface area contributed by atoms with Crippen LogP contribution in [0.1, 0.15) is 47.6 Å². The van der Waals surface area contributed by atoms with Crippen LogP contribution in [-0.2, 0) is 17.1 Å². The Morgan fingerprint density at radius 3 is 2.12 bits per heavy atom. The molecule has 1 fully saturated rings. The number of hydrogen-bond acceptors (Lipinski definition) is 2. The fourth-order valence-electron chi connectivity index (χ4n) is 4.01. The number of ether oxygens (including phenoxy) is 1. The van der Waals surface area contributed by atoms with Crippen molar-refractivity contribution in [1.82, 2.24) is 10.2 Å². The van der Waals surface area contributed by atoms with Crippen LogP contribution in [0.3, 0.4) is 0 Å². The van der Waals surface area contributed by atoms with Gasteiger partial charge in [-0.1, -0.05) is 30.3 Å². The maximum atomic E-state index is 13.2. The van der Waals surface area contributed by atoms with E-state index in [2.05, 4.69) is 5.32 Å². The maximum Gasteiger partial charge on any atom is 0.416 e. The first-order valence-corrected chi connectivity index (χ1v) is 10.4. The first-order chi connectivity index (χ1) is 15.4. The Hall–Kier alpha value is -2.75. The number of carbonyl (C=O) groups is 1. The van der Waals surface area contributed by atoms with Crippen molar-refractivity contribution in [2.45, 2.75) is 43.8 Å². The summed E-state index contributed by atoms with van der Waals surface area (Å²) in [6, 6.07) is 10.4. The normalized spacial score (nSPS) is 20.4. The molecule has 10 heteroatoms. The van der Waals surface area contributed by atoms with E-state index in [1.807, 2.05) is 30.3 Å². The molecule has 180 valence electrons. The lowest BCUT2D eigenvalue weighted by Crippen LogP contribution is -2.48. The number of carbonyl (C=O) groups excluding carboxylic acids is 1. The average molecular weight is 474 g/mol. The molecule has 2 amide bonds. The van der Waals surface area contributed by atoms with Gasteiger partial charge >= 0.3 is 18.4 Å². The lowest BCUT2D eigenvalue weighted by atomic mass is 9.87. The zero-order valence-electron chi connectivity index (χ0n) is 18.0. The number of nitrogens with one attached hydrogen (secondary N) is 1. The molecule has 1 N–H and O–H groups in total. The minimum atomic E-state index is -4.93. The molecular formula is C23H24F6N2O2. The van der Waals surface area contributed by atoms with Gasteiger partial charge in [0.2, 0.25) is 0 Å². The first kappa shape index (κ1) is 24.9. The number of urea groups is 1. The van der Waals surface area contributed by atoms with Gasteiger partial charge in [0, 0.05) is 26.1 Å². The zero-order valence-corrected chi connectivity index (χ0v) is 18.0. The van der Waals surface area contributed by atoms with Gasteiger partial charge in [-0.15, -0.1) is 0 Å². The van der Waals surface area contributed by atoms with Crippen LogP contribution < -0.4 is 5.32 Å². The quantitative estimate of drug-likeness (QED) is 0.553. The number of piperidine rings is 1. The van der Waals surface area contributed by atoms with Gasteiger partial charge in [0.15, 0.2) is 0 Å². The third kappa shape index (κ3) is 5.98. The van der Waals surface area contributed by atoms with Crippen molar-refractivity contribution < 1.29 is 35.9 Å². The van der Waals surface area contributed by atoms with E-state index in [0.29, 0.717) is 31.6 Å². The van der Waals surface area contributed by atoms with Gasteiger partial charge in [0.1, 0.15) is 0 Å². The summed E-state index contributed by atoms with van der Waals surface area (Å²) < 4.78 is 85.5. The summed E-state index contributed by atoms with van der Waals surface area (Å²) in [5.74, 6) is -0.299. The number of alkyl halides is 6. The van der Waals surface area contributed by atoms with Crippen molar-refractivity contribution in [2.75, 3.05) is 20.1 Å². The first-order valence-electron chi connectivity index (χ1n) is 10.4. The molecule has 0 spiro atoms. The van der Waals surface area contributed by atoms with Crippen LogP contribution in [0.25, 0.3) is 0 Å². The highest BCUT2D eigenvalue weighted by Crippen LogP contribution is 2.39. The van der Waals surface area contributed by atoms with E-state index in [1.165, 1.54) is 14.0 Å². The van der Waals surface area contributed by atoms with Crippen molar-refractivity contribution in [2.24, 2.45) is 0 Å². The van der Waals surface area contributed by atoms with E-state index in [9.17, 15) is 31.1 Å². The molecule has 0 aliphatic carbocycles. The average Bonchev–Trinajstić information content (AvgIpc) is 2.77. The third-order valence-electron chi connectivity index (χ3n) is 5.74. The number of hydrogen-bond donors (Lipinski definition) is 1. The van der Waals surface area contributed by atoms with Gasteiger partial charge in [-0.05, 0) is 42.7 Å². The Morgan fingerprint density at radius 2 is 1.61 bits per heavy atom. The summed E-state index contributed by atoms with van der Waals surface area (Å²) in [5.41, 5.74) is -2.10. The summed E-state index contributed by atoms with van der Waals surface area (Å²) in [6.07, 6.45) is -11.0. The van der Waals surface area contributed by atoms with E-state index < -0.39 is 35.7 Å². The highest BCUT2D eigenvalue weighted by molar-refractivity contribution is 5.74. The largest absolute Gasteiger partial charge is 0.416 e. The Balaban J connectivity index is 1.90. The molecule has 0 radical (unpaired) electrons. The van der Waals surface area contributed by atoms with Crippen LogP contribution >= 0.6 is 0 Å². The molecule has 3 atom stereocenters. The molecule has 0 unspecified atom stereocenters. The zero-order chi connectivity index (χ0) is 24.4.